The molecule has 0 saturated carbocycles. The summed E-state index contributed by atoms with van der Waals surface area (Å²) in [7, 11) is 3.12. The minimum absolute atomic E-state index is 0.224. The van der Waals surface area contributed by atoms with E-state index in [1.165, 1.54) is 7.11 Å². The molecule has 0 aliphatic carbocycles. The molecule has 0 aromatic rings. The van der Waals surface area contributed by atoms with Crippen molar-refractivity contribution in [2.75, 3.05) is 53.6 Å². The van der Waals surface area contributed by atoms with E-state index in [-0.39, 0.29) is 11.9 Å². The molecular weight excluding hydrogens is 310 g/mol. The van der Waals surface area contributed by atoms with Gasteiger partial charge in [0, 0.05) is 40.0 Å². The van der Waals surface area contributed by atoms with Gasteiger partial charge in [-0.05, 0) is 26.2 Å². The maximum absolute atomic E-state index is 11.5. The van der Waals surface area contributed by atoms with E-state index in [1.54, 1.807) is 7.11 Å². The van der Waals surface area contributed by atoms with Crippen LogP contribution in [0.3, 0.4) is 0 Å². The summed E-state index contributed by atoms with van der Waals surface area (Å²) in [6.07, 6.45) is 3.23. The van der Waals surface area contributed by atoms with E-state index < -0.39 is 0 Å². The van der Waals surface area contributed by atoms with Crippen molar-refractivity contribution in [1.82, 2.24) is 10.2 Å². The molecule has 140 valence electrons. The SMILES string of the molecule is CCNC(=NCC(C)C(=O)OC)N1CCC(OCCCOC)CC1. The number of rotatable bonds is 9. The number of carbonyl (C=O) groups is 1. The van der Waals surface area contributed by atoms with Crippen molar-refractivity contribution in [3.8, 4) is 0 Å². The minimum Gasteiger partial charge on any atom is -0.469 e. The van der Waals surface area contributed by atoms with Gasteiger partial charge >= 0.3 is 5.97 Å². The van der Waals surface area contributed by atoms with Crippen molar-refractivity contribution in [2.45, 2.75) is 39.2 Å². The first-order valence-corrected chi connectivity index (χ1v) is 8.84. The predicted molar refractivity (Wildman–Crippen MR) is 94.2 cm³/mol. The van der Waals surface area contributed by atoms with Gasteiger partial charge in [-0.15, -0.1) is 0 Å². The molecule has 1 aliphatic heterocycles. The second-order valence-corrected chi connectivity index (χ2v) is 6.02. The quantitative estimate of drug-likeness (QED) is 0.294. The monoisotopic (exact) mass is 343 g/mol. The Hall–Kier alpha value is -1.34. The highest BCUT2D eigenvalue weighted by Gasteiger charge is 2.22. The molecule has 7 nitrogen and oxygen atoms in total. The van der Waals surface area contributed by atoms with Crippen molar-refractivity contribution in [3.63, 3.8) is 0 Å². The van der Waals surface area contributed by atoms with Gasteiger partial charge in [0.15, 0.2) is 5.96 Å². The second kappa shape index (κ2) is 12.1. The Morgan fingerprint density at radius 1 is 1.29 bits per heavy atom. The molecule has 1 heterocycles. The van der Waals surface area contributed by atoms with Gasteiger partial charge in [0.05, 0.1) is 25.7 Å². The summed E-state index contributed by atoms with van der Waals surface area (Å²) in [4.78, 5) is 18.3. The number of piperidine rings is 1. The summed E-state index contributed by atoms with van der Waals surface area (Å²) in [5.41, 5.74) is 0. The second-order valence-electron chi connectivity index (χ2n) is 6.02. The lowest BCUT2D eigenvalue weighted by Crippen LogP contribution is -2.47. The Morgan fingerprint density at radius 3 is 2.58 bits per heavy atom. The topological polar surface area (TPSA) is 72.4 Å². The van der Waals surface area contributed by atoms with Gasteiger partial charge in [-0.3, -0.25) is 9.79 Å². The van der Waals surface area contributed by atoms with Gasteiger partial charge in [-0.1, -0.05) is 6.92 Å². The number of hydrogen-bond acceptors (Lipinski definition) is 5. The fourth-order valence-corrected chi connectivity index (χ4v) is 2.61. The Morgan fingerprint density at radius 2 is 2.00 bits per heavy atom. The van der Waals surface area contributed by atoms with Crippen LogP contribution in [0.1, 0.15) is 33.1 Å². The third-order valence-corrected chi connectivity index (χ3v) is 4.04. The first-order valence-electron chi connectivity index (χ1n) is 8.84. The molecule has 24 heavy (non-hydrogen) atoms. The van der Waals surface area contributed by atoms with Crippen LogP contribution in [0.4, 0.5) is 0 Å². The van der Waals surface area contributed by atoms with Crippen molar-refractivity contribution >= 4 is 11.9 Å². The summed E-state index contributed by atoms with van der Waals surface area (Å²) >= 11 is 0. The van der Waals surface area contributed by atoms with Gasteiger partial charge < -0.3 is 24.4 Å². The molecule has 0 spiro atoms. The van der Waals surface area contributed by atoms with Gasteiger partial charge in [-0.25, -0.2) is 0 Å². The van der Waals surface area contributed by atoms with Gasteiger partial charge in [0.1, 0.15) is 0 Å². The lowest BCUT2D eigenvalue weighted by Gasteiger charge is -2.34. The van der Waals surface area contributed by atoms with E-state index in [0.29, 0.717) is 12.6 Å². The van der Waals surface area contributed by atoms with Crippen LogP contribution in [0.15, 0.2) is 4.99 Å². The number of hydrogen-bond donors (Lipinski definition) is 1. The van der Waals surface area contributed by atoms with E-state index in [2.05, 4.69) is 15.2 Å². The highest BCUT2D eigenvalue weighted by atomic mass is 16.5. The van der Waals surface area contributed by atoms with Crippen LogP contribution in [-0.4, -0.2) is 76.5 Å². The standard InChI is InChI=1S/C17H33N3O4/c1-5-18-17(19-13-14(2)16(21)23-4)20-9-7-15(8-10-20)24-12-6-11-22-3/h14-15H,5-13H2,1-4H3,(H,18,19). The van der Waals surface area contributed by atoms with Gasteiger partial charge in [0.25, 0.3) is 0 Å². The number of aliphatic imine (C=N–C) groups is 1. The van der Waals surface area contributed by atoms with E-state index in [4.69, 9.17) is 14.2 Å². The molecule has 1 atom stereocenters. The number of ether oxygens (including phenoxy) is 3. The number of likely N-dealkylation sites (tertiary alicyclic amines) is 1. The molecule has 0 bridgehead atoms. The molecule has 0 amide bonds. The number of guanidine groups is 1. The first kappa shape index (κ1) is 20.7. The summed E-state index contributed by atoms with van der Waals surface area (Å²) < 4.78 is 15.7. The van der Waals surface area contributed by atoms with Gasteiger partial charge in [0.2, 0.25) is 0 Å². The maximum Gasteiger partial charge on any atom is 0.310 e. The van der Waals surface area contributed by atoms with Crippen LogP contribution in [0, 0.1) is 5.92 Å². The molecule has 1 rings (SSSR count). The van der Waals surface area contributed by atoms with Crippen LogP contribution in [0.25, 0.3) is 0 Å². The van der Waals surface area contributed by atoms with Crippen LogP contribution in [0.2, 0.25) is 0 Å². The minimum atomic E-state index is -0.231. The number of methoxy groups -OCH3 is 2. The molecule has 0 aromatic carbocycles. The number of esters is 1. The average Bonchev–Trinajstić information content (AvgIpc) is 2.62. The number of nitrogens with zero attached hydrogens (tertiary/aromatic N) is 2. The fraction of sp³-hybridized carbons (Fsp3) is 0.882. The molecule has 0 radical (unpaired) electrons. The van der Waals surface area contributed by atoms with E-state index in [1.807, 2.05) is 13.8 Å². The van der Waals surface area contributed by atoms with E-state index >= 15 is 0 Å². The van der Waals surface area contributed by atoms with E-state index in [9.17, 15) is 4.79 Å². The van der Waals surface area contributed by atoms with Crippen LogP contribution in [-0.2, 0) is 19.0 Å². The number of carbonyl (C=O) groups excluding carboxylic acids is 1. The van der Waals surface area contributed by atoms with Gasteiger partial charge in [-0.2, -0.15) is 0 Å². The lowest BCUT2D eigenvalue weighted by atomic mass is 10.1. The Balaban J connectivity index is 2.43. The summed E-state index contributed by atoms with van der Waals surface area (Å²) in [5.74, 6) is 0.411. The van der Waals surface area contributed by atoms with Crippen LogP contribution in [0.5, 0.6) is 0 Å². The Labute approximate surface area is 145 Å². The summed E-state index contributed by atoms with van der Waals surface area (Å²) in [5, 5.41) is 3.31. The average molecular weight is 343 g/mol. The summed E-state index contributed by atoms with van der Waals surface area (Å²) in [6, 6.07) is 0. The molecule has 1 unspecified atom stereocenters. The number of nitrogens with one attached hydrogen (secondary N) is 1. The normalized spacial score (nSPS) is 17.7. The van der Waals surface area contributed by atoms with Crippen molar-refractivity contribution in [1.29, 1.82) is 0 Å². The smallest absolute Gasteiger partial charge is 0.310 e. The third-order valence-electron chi connectivity index (χ3n) is 4.04. The molecule has 1 N–H and O–H groups in total. The Kier molecular flexibility index (Phi) is 10.4. The molecular formula is C17H33N3O4. The van der Waals surface area contributed by atoms with E-state index in [0.717, 1.165) is 58.1 Å². The third kappa shape index (κ3) is 7.49. The molecule has 1 fully saturated rings. The maximum atomic E-state index is 11.5. The van der Waals surface area contributed by atoms with Crippen LogP contribution < -0.4 is 5.32 Å². The van der Waals surface area contributed by atoms with Crippen LogP contribution >= 0.6 is 0 Å². The highest BCUT2D eigenvalue weighted by Crippen LogP contribution is 2.14. The predicted octanol–water partition coefficient (Wildman–Crippen LogP) is 1.28. The summed E-state index contributed by atoms with van der Waals surface area (Å²) in [6.45, 7) is 8.43. The largest absolute Gasteiger partial charge is 0.469 e. The fourth-order valence-electron chi connectivity index (χ4n) is 2.61. The zero-order chi connectivity index (χ0) is 17.8. The van der Waals surface area contributed by atoms with Crippen molar-refractivity contribution in [3.05, 3.63) is 0 Å². The molecule has 0 aromatic heterocycles. The molecule has 7 heteroatoms. The molecule has 1 saturated heterocycles. The van der Waals surface area contributed by atoms with Crippen molar-refractivity contribution < 1.29 is 19.0 Å². The highest BCUT2D eigenvalue weighted by molar-refractivity contribution is 5.80. The zero-order valence-corrected chi connectivity index (χ0v) is 15.5. The first-order chi connectivity index (χ1) is 11.6. The molecule has 1 aliphatic rings. The Bertz CT molecular complexity index is 382. The lowest BCUT2D eigenvalue weighted by molar-refractivity contribution is -0.144. The zero-order valence-electron chi connectivity index (χ0n) is 15.5. The van der Waals surface area contributed by atoms with Crippen molar-refractivity contribution in [2.24, 2.45) is 10.9 Å².